The number of nitrogens with zero attached hydrogens (tertiary/aromatic N) is 1. The Morgan fingerprint density at radius 3 is 2.14 bits per heavy atom. The van der Waals surface area contributed by atoms with Crippen molar-refractivity contribution in [2.75, 3.05) is 6.61 Å². The number of halogens is 3. The van der Waals surface area contributed by atoms with Crippen LogP contribution in [-0.2, 0) is 30.5 Å². The number of ether oxygens (including phenoxy) is 1. The Hall–Kier alpha value is -2.14. The highest BCUT2D eigenvalue weighted by molar-refractivity contribution is 7.89. The van der Waals surface area contributed by atoms with Crippen LogP contribution in [0.1, 0.15) is 40.2 Å². The first-order valence-electron chi connectivity index (χ1n) is 8.84. The summed E-state index contributed by atoms with van der Waals surface area (Å²) in [4.78, 5) is 25.1. The molecule has 164 valence electrons. The summed E-state index contributed by atoms with van der Waals surface area (Å²) in [5.74, 6) is -1.47. The maximum absolute atomic E-state index is 12.8. The lowest BCUT2D eigenvalue weighted by atomic mass is 10.2. The smallest absolute Gasteiger partial charge is 0.416 e. The lowest BCUT2D eigenvalue weighted by molar-refractivity contribution is -0.154. The van der Waals surface area contributed by atoms with E-state index in [9.17, 15) is 31.2 Å². The number of nitrogens with one attached hydrogen (secondary N) is 1. The van der Waals surface area contributed by atoms with Gasteiger partial charge in [-0.25, -0.2) is 8.42 Å². The van der Waals surface area contributed by atoms with Crippen molar-refractivity contribution >= 4 is 21.9 Å². The fourth-order valence-corrected chi connectivity index (χ4v) is 3.93. The molecule has 1 rings (SSSR count). The highest BCUT2D eigenvalue weighted by Gasteiger charge is 2.32. The second kappa shape index (κ2) is 9.57. The molecule has 0 radical (unpaired) electrons. The molecule has 0 aliphatic heterocycles. The average Bonchev–Trinajstić information content (AvgIpc) is 2.58. The zero-order chi connectivity index (χ0) is 22.6. The zero-order valence-electron chi connectivity index (χ0n) is 16.8. The Morgan fingerprint density at radius 2 is 1.66 bits per heavy atom. The summed E-state index contributed by atoms with van der Waals surface area (Å²) < 4.78 is 69.7. The van der Waals surface area contributed by atoms with Gasteiger partial charge in [0, 0.05) is 12.1 Å². The van der Waals surface area contributed by atoms with Gasteiger partial charge in [-0.3, -0.25) is 9.59 Å². The minimum absolute atomic E-state index is 0.127. The van der Waals surface area contributed by atoms with Gasteiger partial charge < -0.3 is 9.64 Å². The van der Waals surface area contributed by atoms with E-state index in [0.717, 1.165) is 18.2 Å². The molecule has 1 amide bonds. The first-order valence-corrected chi connectivity index (χ1v) is 10.3. The number of amides is 1. The first-order chi connectivity index (χ1) is 13.2. The SMILES string of the molecule is CC(NS(=O)(=O)c1cccc(C(F)(F)F)c1)C(=O)OCC(=O)N(C(C)C)C(C)C. The van der Waals surface area contributed by atoms with Crippen LogP contribution in [0.3, 0.4) is 0 Å². The fourth-order valence-electron chi connectivity index (χ4n) is 2.69. The van der Waals surface area contributed by atoms with Crippen molar-refractivity contribution in [3.05, 3.63) is 29.8 Å². The molecule has 0 bridgehead atoms. The monoisotopic (exact) mass is 438 g/mol. The molecule has 29 heavy (non-hydrogen) atoms. The molecule has 0 heterocycles. The number of benzene rings is 1. The lowest BCUT2D eigenvalue weighted by Gasteiger charge is -2.30. The van der Waals surface area contributed by atoms with Gasteiger partial charge in [-0.05, 0) is 52.8 Å². The number of sulfonamides is 1. The van der Waals surface area contributed by atoms with E-state index in [1.165, 1.54) is 11.8 Å². The van der Waals surface area contributed by atoms with Crippen molar-refractivity contribution in [2.24, 2.45) is 0 Å². The van der Waals surface area contributed by atoms with Crippen LogP contribution in [0, 0.1) is 0 Å². The highest BCUT2D eigenvalue weighted by Crippen LogP contribution is 2.30. The summed E-state index contributed by atoms with van der Waals surface area (Å²) in [6.45, 7) is 7.78. The Balaban J connectivity index is 2.81. The van der Waals surface area contributed by atoms with Gasteiger partial charge in [-0.1, -0.05) is 6.07 Å². The summed E-state index contributed by atoms with van der Waals surface area (Å²) in [6.07, 6.45) is -4.71. The van der Waals surface area contributed by atoms with Crippen LogP contribution < -0.4 is 4.72 Å². The molecule has 1 atom stereocenters. The van der Waals surface area contributed by atoms with E-state index in [4.69, 9.17) is 4.74 Å². The molecular formula is C18H25F3N2O5S. The fraction of sp³-hybridized carbons (Fsp3) is 0.556. The van der Waals surface area contributed by atoms with Crippen molar-refractivity contribution in [2.45, 2.75) is 63.8 Å². The van der Waals surface area contributed by atoms with Crippen LogP contribution in [0.15, 0.2) is 29.2 Å². The highest BCUT2D eigenvalue weighted by atomic mass is 32.2. The summed E-state index contributed by atoms with van der Waals surface area (Å²) in [5.41, 5.74) is -1.14. The van der Waals surface area contributed by atoms with Crippen molar-refractivity contribution in [1.29, 1.82) is 0 Å². The van der Waals surface area contributed by atoms with Crippen LogP contribution in [0.5, 0.6) is 0 Å². The zero-order valence-corrected chi connectivity index (χ0v) is 17.6. The summed E-state index contributed by atoms with van der Waals surface area (Å²) in [7, 11) is -4.42. The topological polar surface area (TPSA) is 92.8 Å². The molecule has 0 aliphatic rings. The van der Waals surface area contributed by atoms with E-state index in [2.05, 4.69) is 0 Å². The van der Waals surface area contributed by atoms with Gasteiger partial charge >= 0.3 is 12.1 Å². The summed E-state index contributed by atoms with van der Waals surface area (Å²) in [5, 5.41) is 0. The number of carbonyl (C=O) groups excluding carboxylic acids is 2. The van der Waals surface area contributed by atoms with E-state index in [1.54, 1.807) is 27.7 Å². The number of esters is 1. The largest absolute Gasteiger partial charge is 0.454 e. The summed E-state index contributed by atoms with van der Waals surface area (Å²) in [6, 6.07) is 1.46. The van der Waals surface area contributed by atoms with Crippen LogP contribution in [-0.4, -0.2) is 49.9 Å². The van der Waals surface area contributed by atoms with Crippen LogP contribution in [0.2, 0.25) is 0 Å². The van der Waals surface area contributed by atoms with E-state index in [1.807, 2.05) is 4.72 Å². The van der Waals surface area contributed by atoms with E-state index in [-0.39, 0.29) is 12.1 Å². The third-order valence-electron chi connectivity index (χ3n) is 3.90. The Kier molecular flexibility index (Phi) is 8.22. The molecule has 0 aromatic heterocycles. The van der Waals surface area contributed by atoms with Crippen LogP contribution >= 0.6 is 0 Å². The van der Waals surface area contributed by atoms with E-state index in [0.29, 0.717) is 6.07 Å². The Morgan fingerprint density at radius 1 is 1.10 bits per heavy atom. The van der Waals surface area contributed by atoms with E-state index >= 15 is 0 Å². The molecule has 11 heteroatoms. The van der Waals surface area contributed by atoms with Crippen LogP contribution in [0.4, 0.5) is 13.2 Å². The van der Waals surface area contributed by atoms with Gasteiger partial charge in [0.2, 0.25) is 10.0 Å². The average molecular weight is 438 g/mol. The van der Waals surface area contributed by atoms with E-state index < -0.39 is 51.2 Å². The molecule has 0 fully saturated rings. The van der Waals surface area contributed by atoms with Gasteiger partial charge in [-0.2, -0.15) is 17.9 Å². The lowest BCUT2D eigenvalue weighted by Crippen LogP contribution is -2.45. The number of alkyl halides is 3. The van der Waals surface area contributed by atoms with Crippen LogP contribution in [0.25, 0.3) is 0 Å². The van der Waals surface area contributed by atoms with Gasteiger partial charge in [0.25, 0.3) is 5.91 Å². The maximum atomic E-state index is 12.8. The van der Waals surface area contributed by atoms with Crippen molar-refractivity contribution in [3.8, 4) is 0 Å². The van der Waals surface area contributed by atoms with Gasteiger partial charge in [0.1, 0.15) is 6.04 Å². The Labute approximate surface area is 168 Å². The molecular weight excluding hydrogens is 413 g/mol. The quantitative estimate of drug-likeness (QED) is 0.630. The molecule has 0 spiro atoms. The second-order valence-corrected chi connectivity index (χ2v) is 8.68. The second-order valence-electron chi connectivity index (χ2n) is 6.96. The standard InChI is InChI=1S/C18H25F3N2O5S/c1-11(2)23(12(3)4)16(24)10-28-17(25)13(5)22-29(26,27)15-8-6-7-14(9-15)18(19,20)21/h6-9,11-13,22H,10H2,1-5H3. The third kappa shape index (κ3) is 7.00. The molecule has 1 N–H and O–H groups in total. The van der Waals surface area contributed by atoms with Crippen molar-refractivity contribution in [3.63, 3.8) is 0 Å². The predicted octanol–water partition coefficient (Wildman–Crippen LogP) is 2.56. The minimum atomic E-state index is -4.71. The molecule has 7 nitrogen and oxygen atoms in total. The van der Waals surface area contributed by atoms with Gasteiger partial charge in [0.15, 0.2) is 6.61 Å². The van der Waals surface area contributed by atoms with Crippen molar-refractivity contribution < 1.29 is 35.9 Å². The number of hydrogen-bond donors (Lipinski definition) is 1. The number of rotatable bonds is 8. The Bertz CT molecular complexity index is 830. The van der Waals surface area contributed by atoms with Gasteiger partial charge in [-0.15, -0.1) is 0 Å². The number of hydrogen-bond acceptors (Lipinski definition) is 5. The van der Waals surface area contributed by atoms with Crippen molar-refractivity contribution in [1.82, 2.24) is 9.62 Å². The molecule has 1 unspecified atom stereocenters. The molecule has 0 aliphatic carbocycles. The maximum Gasteiger partial charge on any atom is 0.416 e. The third-order valence-corrected chi connectivity index (χ3v) is 5.43. The molecule has 1 aromatic carbocycles. The molecule has 0 saturated heterocycles. The first kappa shape index (κ1) is 24.9. The minimum Gasteiger partial charge on any atom is -0.454 e. The number of carbonyl (C=O) groups is 2. The van der Waals surface area contributed by atoms with Gasteiger partial charge in [0.05, 0.1) is 10.5 Å². The normalized spacial score (nSPS) is 13.4. The molecule has 0 saturated carbocycles. The predicted molar refractivity (Wildman–Crippen MR) is 99.3 cm³/mol. The molecule has 1 aromatic rings. The summed E-state index contributed by atoms with van der Waals surface area (Å²) >= 11 is 0.